The number of aromatic nitrogens is 2. The van der Waals surface area contributed by atoms with Gasteiger partial charge in [-0.15, -0.1) is 0 Å². The predicted molar refractivity (Wildman–Crippen MR) is 102 cm³/mol. The van der Waals surface area contributed by atoms with Gasteiger partial charge in [-0.3, -0.25) is 14.8 Å². The van der Waals surface area contributed by atoms with Gasteiger partial charge in [0.1, 0.15) is 0 Å². The first-order valence-electron chi connectivity index (χ1n) is 9.18. The van der Waals surface area contributed by atoms with E-state index in [0.717, 1.165) is 37.2 Å². The zero-order chi connectivity index (χ0) is 19.6. The highest BCUT2D eigenvalue weighted by atomic mass is 16.4. The molecule has 0 bridgehead atoms. The first-order chi connectivity index (χ1) is 12.7. The van der Waals surface area contributed by atoms with Crippen LogP contribution < -0.4 is 0 Å². The van der Waals surface area contributed by atoms with E-state index in [9.17, 15) is 9.59 Å². The summed E-state index contributed by atoms with van der Waals surface area (Å²) >= 11 is 0. The fraction of sp³-hybridized carbons (Fsp3) is 0.429. The number of carbonyl (C=O) groups excluding carboxylic acids is 1. The van der Waals surface area contributed by atoms with Crippen molar-refractivity contribution < 1.29 is 14.7 Å². The molecule has 3 rings (SSSR count). The smallest absolute Gasteiger partial charge is 0.335 e. The second-order valence-corrected chi connectivity index (χ2v) is 8.14. The zero-order valence-corrected chi connectivity index (χ0v) is 16.0. The third-order valence-corrected chi connectivity index (χ3v) is 4.85. The van der Waals surface area contributed by atoms with Crippen LogP contribution in [0.5, 0.6) is 0 Å². The van der Waals surface area contributed by atoms with Crippen molar-refractivity contribution in [3.05, 3.63) is 47.9 Å². The maximum absolute atomic E-state index is 12.4. The van der Waals surface area contributed by atoms with Crippen LogP contribution in [0.2, 0.25) is 0 Å². The van der Waals surface area contributed by atoms with Crippen LogP contribution in [0.3, 0.4) is 0 Å². The van der Waals surface area contributed by atoms with Gasteiger partial charge in [0.2, 0.25) is 5.91 Å². The van der Waals surface area contributed by atoms with E-state index in [1.807, 2.05) is 25.7 Å². The van der Waals surface area contributed by atoms with Gasteiger partial charge in [0, 0.05) is 30.3 Å². The van der Waals surface area contributed by atoms with Crippen LogP contribution in [-0.4, -0.2) is 44.9 Å². The number of rotatable bonds is 4. The van der Waals surface area contributed by atoms with Crippen LogP contribution in [0.4, 0.5) is 0 Å². The molecule has 1 saturated heterocycles. The Bertz CT molecular complexity index is 823. The molecule has 6 heteroatoms. The number of likely N-dealkylation sites (tertiary alicyclic amines) is 1. The number of carboxylic acid groups (broad SMARTS) is 1. The van der Waals surface area contributed by atoms with Crippen LogP contribution in [0, 0.1) is 11.3 Å². The number of benzene rings is 1. The normalized spacial score (nSPS) is 17.1. The summed E-state index contributed by atoms with van der Waals surface area (Å²) in [7, 11) is 0. The molecule has 1 aliphatic heterocycles. The van der Waals surface area contributed by atoms with Gasteiger partial charge in [0.15, 0.2) is 0 Å². The fourth-order valence-electron chi connectivity index (χ4n) is 3.35. The van der Waals surface area contributed by atoms with Crippen LogP contribution in [0.1, 0.15) is 43.2 Å². The lowest BCUT2D eigenvalue weighted by molar-refractivity contribution is -0.138. The molecule has 1 fully saturated rings. The van der Waals surface area contributed by atoms with Gasteiger partial charge in [-0.25, -0.2) is 4.79 Å². The Balaban J connectivity index is 1.61. The molecule has 0 saturated carbocycles. The molecule has 1 aliphatic rings. The molecule has 0 unspecified atom stereocenters. The van der Waals surface area contributed by atoms with E-state index >= 15 is 0 Å². The standard InChI is InChI=1S/C21H25N3O3/c1-21(2,3)20(27)24-9-8-14(13-24)10-17-11-23-18(12-22-17)15-4-6-16(7-5-15)19(25)26/h4-7,11-12,14H,8-10,13H2,1-3H3,(H,25,26)/t14-/m1/s1. The highest BCUT2D eigenvalue weighted by Gasteiger charge is 2.32. The molecule has 2 aromatic rings. The molecule has 1 aromatic carbocycles. The molecule has 1 N–H and O–H groups in total. The Labute approximate surface area is 159 Å². The predicted octanol–water partition coefficient (Wildman–Crippen LogP) is 3.28. The van der Waals surface area contributed by atoms with Crippen molar-refractivity contribution in [2.75, 3.05) is 13.1 Å². The molecule has 1 atom stereocenters. The molecular formula is C21H25N3O3. The monoisotopic (exact) mass is 367 g/mol. The van der Waals surface area contributed by atoms with Gasteiger partial charge < -0.3 is 10.0 Å². The maximum Gasteiger partial charge on any atom is 0.335 e. The van der Waals surface area contributed by atoms with Gasteiger partial charge >= 0.3 is 5.97 Å². The molecule has 1 aromatic heterocycles. The van der Waals surface area contributed by atoms with Crippen molar-refractivity contribution in [2.24, 2.45) is 11.3 Å². The SMILES string of the molecule is CC(C)(C)C(=O)N1CC[C@H](Cc2cnc(-c3ccc(C(=O)O)cc3)cn2)C1. The van der Waals surface area contributed by atoms with Gasteiger partial charge in [0.25, 0.3) is 0 Å². The summed E-state index contributed by atoms with van der Waals surface area (Å²) < 4.78 is 0. The number of hydrogen-bond donors (Lipinski definition) is 1. The first kappa shape index (κ1) is 19.0. The Kier molecular flexibility index (Phi) is 5.26. The molecule has 0 radical (unpaired) electrons. The molecule has 0 aliphatic carbocycles. The zero-order valence-electron chi connectivity index (χ0n) is 16.0. The van der Waals surface area contributed by atoms with Crippen molar-refractivity contribution in [3.63, 3.8) is 0 Å². The highest BCUT2D eigenvalue weighted by molar-refractivity contribution is 5.88. The van der Waals surface area contributed by atoms with Crippen LogP contribution in [-0.2, 0) is 11.2 Å². The van der Waals surface area contributed by atoms with Crippen LogP contribution >= 0.6 is 0 Å². The van der Waals surface area contributed by atoms with Crippen molar-refractivity contribution in [3.8, 4) is 11.3 Å². The van der Waals surface area contributed by atoms with Gasteiger partial charge in [-0.05, 0) is 30.9 Å². The summed E-state index contributed by atoms with van der Waals surface area (Å²) in [6.45, 7) is 7.44. The fourth-order valence-corrected chi connectivity index (χ4v) is 3.35. The van der Waals surface area contributed by atoms with E-state index in [2.05, 4.69) is 9.97 Å². The molecule has 0 spiro atoms. The van der Waals surface area contributed by atoms with Crippen molar-refractivity contribution in [1.82, 2.24) is 14.9 Å². The summed E-state index contributed by atoms with van der Waals surface area (Å²) in [6.07, 6.45) is 5.29. The summed E-state index contributed by atoms with van der Waals surface area (Å²) in [5, 5.41) is 8.96. The number of hydrogen-bond acceptors (Lipinski definition) is 4. The van der Waals surface area contributed by atoms with Crippen molar-refractivity contribution in [2.45, 2.75) is 33.6 Å². The lowest BCUT2D eigenvalue weighted by Crippen LogP contribution is -2.38. The molecule has 2 heterocycles. The lowest BCUT2D eigenvalue weighted by atomic mass is 9.95. The van der Waals surface area contributed by atoms with Crippen molar-refractivity contribution in [1.29, 1.82) is 0 Å². The Morgan fingerprint density at radius 1 is 1.15 bits per heavy atom. The number of carbonyl (C=O) groups is 2. The quantitative estimate of drug-likeness (QED) is 0.897. The third kappa shape index (κ3) is 4.51. The van der Waals surface area contributed by atoms with E-state index < -0.39 is 5.97 Å². The third-order valence-electron chi connectivity index (χ3n) is 4.85. The average molecular weight is 367 g/mol. The van der Waals surface area contributed by atoms with Gasteiger partial charge in [0.05, 0.1) is 23.1 Å². The van der Waals surface area contributed by atoms with Gasteiger partial charge in [-0.2, -0.15) is 0 Å². The second-order valence-electron chi connectivity index (χ2n) is 8.14. The molecular weight excluding hydrogens is 342 g/mol. The molecule has 142 valence electrons. The van der Waals surface area contributed by atoms with E-state index in [-0.39, 0.29) is 16.9 Å². The summed E-state index contributed by atoms with van der Waals surface area (Å²) in [5.74, 6) is -0.332. The number of carboxylic acids is 1. The number of amides is 1. The van der Waals surface area contributed by atoms with Crippen molar-refractivity contribution >= 4 is 11.9 Å². The minimum atomic E-state index is -0.946. The summed E-state index contributed by atoms with van der Waals surface area (Å²) in [5.41, 5.74) is 2.37. The lowest BCUT2D eigenvalue weighted by Gasteiger charge is -2.25. The molecule has 6 nitrogen and oxygen atoms in total. The number of nitrogens with zero attached hydrogens (tertiary/aromatic N) is 3. The summed E-state index contributed by atoms with van der Waals surface area (Å²) in [4.78, 5) is 34.3. The van der Waals surface area contributed by atoms with Gasteiger partial charge in [-0.1, -0.05) is 32.9 Å². The highest BCUT2D eigenvalue weighted by Crippen LogP contribution is 2.26. The van der Waals surface area contributed by atoms with E-state index in [0.29, 0.717) is 11.6 Å². The Hall–Kier alpha value is -2.76. The maximum atomic E-state index is 12.4. The minimum Gasteiger partial charge on any atom is -0.478 e. The first-order valence-corrected chi connectivity index (χ1v) is 9.18. The Morgan fingerprint density at radius 3 is 2.41 bits per heavy atom. The molecule has 27 heavy (non-hydrogen) atoms. The molecule has 1 amide bonds. The Morgan fingerprint density at radius 2 is 1.85 bits per heavy atom. The van der Waals surface area contributed by atoms with E-state index in [1.54, 1.807) is 36.7 Å². The topological polar surface area (TPSA) is 83.4 Å². The summed E-state index contributed by atoms with van der Waals surface area (Å²) in [6, 6.07) is 6.60. The minimum absolute atomic E-state index is 0.205. The average Bonchev–Trinajstić information content (AvgIpc) is 3.09. The van der Waals surface area contributed by atoms with E-state index in [1.165, 1.54) is 0 Å². The largest absolute Gasteiger partial charge is 0.478 e. The number of aromatic carboxylic acids is 1. The second kappa shape index (κ2) is 7.47. The van der Waals surface area contributed by atoms with Crippen LogP contribution in [0.25, 0.3) is 11.3 Å². The van der Waals surface area contributed by atoms with Crippen LogP contribution in [0.15, 0.2) is 36.7 Å². The van der Waals surface area contributed by atoms with E-state index in [4.69, 9.17) is 5.11 Å².